The number of carbonyl (C=O) groups excluding carboxylic acids is 1. The lowest BCUT2D eigenvalue weighted by Gasteiger charge is -2.20. The first-order chi connectivity index (χ1) is 10.7. The van der Waals surface area contributed by atoms with Crippen LogP contribution in [-0.2, 0) is 14.2 Å². The second-order valence-electron chi connectivity index (χ2n) is 6.14. The summed E-state index contributed by atoms with van der Waals surface area (Å²) < 4.78 is 38.9. The molecule has 0 aromatic rings. The molecule has 0 aromatic heterocycles. The van der Waals surface area contributed by atoms with Gasteiger partial charge in [0.25, 0.3) is 6.43 Å². The Morgan fingerprint density at radius 2 is 1.87 bits per heavy atom. The number of rotatable bonds is 12. The second-order valence-corrected chi connectivity index (χ2v) is 6.14. The van der Waals surface area contributed by atoms with Crippen LogP contribution < -0.4 is 10.6 Å². The van der Waals surface area contributed by atoms with Gasteiger partial charge in [0.15, 0.2) is 0 Å². The summed E-state index contributed by atoms with van der Waals surface area (Å²) in [6, 6.07) is 0.0792. The minimum Gasteiger partial charge on any atom is -0.444 e. The first kappa shape index (κ1) is 22.0. The number of hydrogen-bond donors (Lipinski definition) is 2. The quantitative estimate of drug-likeness (QED) is 0.533. The van der Waals surface area contributed by atoms with Crippen LogP contribution >= 0.6 is 0 Å². The van der Waals surface area contributed by atoms with Gasteiger partial charge in [-0.3, -0.25) is 0 Å². The summed E-state index contributed by atoms with van der Waals surface area (Å²) >= 11 is 0. The zero-order chi connectivity index (χ0) is 17.7. The lowest BCUT2D eigenvalue weighted by Crippen LogP contribution is -2.37. The molecule has 0 bridgehead atoms. The summed E-state index contributed by atoms with van der Waals surface area (Å²) in [7, 11) is 1.60. The van der Waals surface area contributed by atoms with Crippen molar-refractivity contribution in [3.8, 4) is 0 Å². The fraction of sp³-hybridized carbons (Fsp3) is 0.933. The molecule has 0 aliphatic rings. The number of alkyl halides is 2. The number of alkyl carbamates (subject to hydrolysis) is 1. The van der Waals surface area contributed by atoms with E-state index in [4.69, 9.17) is 14.2 Å². The molecular weight excluding hydrogens is 310 g/mol. The van der Waals surface area contributed by atoms with Gasteiger partial charge < -0.3 is 24.8 Å². The highest BCUT2D eigenvalue weighted by molar-refractivity contribution is 5.67. The van der Waals surface area contributed by atoms with Crippen LogP contribution in [0.15, 0.2) is 0 Å². The molecular formula is C15H30F2N2O4. The highest BCUT2D eigenvalue weighted by Gasteiger charge is 2.15. The Bertz CT molecular complexity index is 312. The molecule has 138 valence electrons. The van der Waals surface area contributed by atoms with E-state index in [1.54, 1.807) is 27.9 Å². The summed E-state index contributed by atoms with van der Waals surface area (Å²) in [6.07, 6.45) is -1.35. The molecule has 0 aliphatic carbocycles. The summed E-state index contributed by atoms with van der Waals surface area (Å²) in [5, 5.41) is 5.87. The number of carbonyl (C=O) groups is 1. The summed E-state index contributed by atoms with van der Waals surface area (Å²) in [6.45, 7) is 6.57. The smallest absolute Gasteiger partial charge is 0.407 e. The molecule has 1 atom stereocenters. The Kier molecular flexibility index (Phi) is 11.9. The van der Waals surface area contributed by atoms with Crippen LogP contribution in [0.4, 0.5) is 13.6 Å². The third kappa shape index (κ3) is 15.7. The largest absolute Gasteiger partial charge is 0.444 e. The van der Waals surface area contributed by atoms with Crippen molar-refractivity contribution >= 4 is 6.09 Å². The summed E-state index contributed by atoms with van der Waals surface area (Å²) in [5.74, 6) is 0. The number of methoxy groups -OCH3 is 1. The maximum atomic E-state index is 11.9. The van der Waals surface area contributed by atoms with Crippen LogP contribution in [0.2, 0.25) is 0 Å². The molecule has 0 radical (unpaired) electrons. The molecule has 0 saturated heterocycles. The van der Waals surface area contributed by atoms with Gasteiger partial charge in [0.2, 0.25) is 0 Å². The Labute approximate surface area is 137 Å². The summed E-state index contributed by atoms with van der Waals surface area (Å²) in [4.78, 5) is 11.5. The molecule has 23 heavy (non-hydrogen) atoms. The lowest BCUT2D eigenvalue weighted by molar-refractivity contribution is 0.0173. The Hall–Kier alpha value is -0.990. The molecule has 0 heterocycles. The molecule has 2 N–H and O–H groups in total. The highest BCUT2D eigenvalue weighted by atomic mass is 19.3. The van der Waals surface area contributed by atoms with Gasteiger partial charge in [-0.2, -0.15) is 0 Å². The molecule has 6 nitrogen and oxygen atoms in total. The zero-order valence-electron chi connectivity index (χ0n) is 14.5. The molecule has 0 fully saturated rings. The van der Waals surface area contributed by atoms with Gasteiger partial charge in [0.05, 0.1) is 13.2 Å². The molecule has 0 spiro atoms. The van der Waals surface area contributed by atoms with E-state index in [-0.39, 0.29) is 12.6 Å². The molecule has 8 heteroatoms. The minimum atomic E-state index is -2.44. The predicted molar refractivity (Wildman–Crippen MR) is 84.0 cm³/mol. The molecule has 0 aromatic carbocycles. The lowest BCUT2D eigenvalue weighted by atomic mass is 10.1. The number of ether oxygens (including phenoxy) is 3. The Morgan fingerprint density at radius 1 is 1.17 bits per heavy atom. The molecule has 1 unspecified atom stereocenters. The van der Waals surface area contributed by atoms with Crippen LogP contribution in [0, 0.1) is 0 Å². The van der Waals surface area contributed by atoms with E-state index in [1.807, 2.05) is 0 Å². The van der Waals surface area contributed by atoms with Crippen LogP contribution in [0.3, 0.4) is 0 Å². The van der Waals surface area contributed by atoms with Gasteiger partial charge in [-0.15, -0.1) is 0 Å². The normalized spacial score (nSPS) is 13.2. The van der Waals surface area contributed by atoms with E-state index in [2.05, 4.69) is 10.6 Å². The van der Waals surface area contributed by atoms with Gasteiger partial charge >= 0.3 is 6.09 Å². The Balaban J connectivity index is 3.77. The fourth-order valence-corrected chi connectivity index (χ4v) is 1.81. The van der Waals surface area contributed by atoms with Crippen molar-refractivity contribution in [1.29, 1.82) is 0 Å². The van der Waals surface area contributed by atoms with E-state index in [9.17, 15) is 13.6 Å². The highest BCUT2D eigenvalue weighted by Crippen LogP contribution is 2.06. The average molecular weight is 340 g/mol. The topological polar surface area (TPSA) is 68.8 Å². The van der Waals surface area contributed by atoms with E-state index >= 15 is 0 Å². The van der Waals surface area contributed by atoms with Crippen molar-refractivity contribution in [2.45, 2.75) is 51.7 Å². The Morgan fingerprint density at radius 3 is 2.43 bits per heavy atom. The maximum absolute atomic E-state index is 11.9. The van der Waals surface area contributed by atoms with Crippen molar-refractivity contribution in [1.82, 2.24) is 10.6 Å². The number of halogens is 2. The standard InChI is InChI=1S/C15H30F2N2O4/c1-15(2,3)23-14(20)19-7-5-6-12(10-21-4)18-8-9-22-11-13(16)17/h12-13,18H,5-11H2,1-4H3,(H,19,20). The number of nitrogens with one attached hydrogen (secondary N) is 2. The predicted octanol–water partition coefficient (Wildman–Crippen LogP) is 2.18. The van der Waals surface area contributed by atoms with Crippen molar-refractivity contribution in [2.75, 3.05) is 40.0 Å². The zero-order valence-corrected chi connectivity index (χ0v) is 14.5. The average Bonchev–Trinajstić information content (AvgIpc) is 2.40. The summed E-state index contributed by atoms with van der Waals surface area (Å²) in [5.41, 5.74) is -0.511. The van der Waals surface area contributed by atoms with Gasteiger partial charge in [-0.1, -0.05) is 0 Å². The minimum absolute atomic E-state index is 0.0792. The molecule has 0 aliphatic heterocycles. The van der Waals surface area contributed by atoms with Crippen LogP contribution in [-0.4, -0.2) is 64.2 Å². The van der Waals surface area contributed by atoms with Gasteiger partial charge in [0.1, 0.15) is 12.2 Å². The molecule has 0 saturated carbocycles. The van der Waals surface area contributed by atoms with Gasteiger partial charge in [-0.25, -0.2) is 13.6 Å². The van der Waals surface area contributed by atoms with E-state index in [0.717, 1.165) is 12.8 Å². The number of amides is 1. The fourth-order valence-electron chi connectivity index (χ4n) is 1.81. The van der Waals surface area contributed by atoms with Crippen molar-refractivity contribution < 1.29 is 27.8 Å². The van der Waals surface area contributed by atoms with E-state index in [1.165, 1.54) is 0 Å². The third-order valence-electron chi connectivity index (χ3n) is 2.69. The molecule has 1 amide bonds. The van der Waals surface area contributed by atoms with Gasteiger partial charge in [0, 0.05) is 26.2 Å². The van der Waals surface area contributed by atoms with Crippen LogP contribution in [0.1, 0.15) is 33.6 Å². The van der Waals surface area contributed by atoms with E-state index in [0.29, 0.717) is 19.7 Å². The molecule has 0 rings (SSSR count). The van der Waals surface area contributed by atoms with Crippen LogP contribution in [0.25, 0.3) is 0 Å². The third-order valence-corrected chi connectivity index (χ3v) is 2.69. The SMILES string of the molecule is COCC(CCCNC(=O)OC(C)(C)C)NCCOCC(F)F. The first-order valence-corrected chi connectivity index (χ1v) is 7.79. The van der Waals surface area contributed by atoms with Crippen molar-refractivity contribution in [3.63, 3.8) is 0 Å². The van der Waals surface area contributed by atoms with Gasteiger partial charge in [-0.05, 0) is 33.6 Å². The van der Waals surface area contributed by atoms with Crippen LogP contribution in [0.5, 0.6) is 0 Å². The first-order valence-electron chi connectivity index (χ1n) is 7.79. The maximum Gasteiger partial charge on any atom is 0.407 e. The van der Waals surface area contributed by atoms with Crippen molar-refractivity contribution in [3.05, 3.63) is 0 Å². The number of hydrogen-bond acceptors (Lipinski definition) is 5. The monoisotopic (exact) mass is 340 g/mol. The van der Waals surface area contributed by atoms with Crippen molar-refractivity contribution in [2.24, 2.45) is 0 Å². The van der Waals surface area contributed by atoms with E-state index < -0.39 is 24.7 Å². The second kappa shape index (κ2) is 12.4.